The molecule has 0 amide bonds. The van der Waals surface area contributed by atoms with E-state index in [1.54, 1.807) is 0 Å². The first kappa shape index (κ1) is 16.4. The second-order valence-electron chi connectivity index (χ2n) is 4.77. The predicted molar refractivity (Wildman–Crippen MR) is 71.1 cm³/mol. The number of esters is 1. The van der Waals surface area contributed by atoms with Crippen molar-refractivity contribution in [1.29, 1.82) is 0 Å². The summed E-state index contributed by atoms with van der Waals surface area (Å²) in [5.41, 5.74) is 0. The molecule has 1 aliphatic carbocycles. The molecule has 0 spiro atoms. The van der Waals surface area contributed by atoms with E-state index in [-0.39, 0.29) is 31.4 Å². The zero-order chi connectivity index (χ0) is 14.3. The number of ether oxygens (including phenoxy) is 1. The molecule has 1 aliphatic rings. The SMILES string of the molecule is COC(=O)CCS(=O)(=O)N(CCO)C1CCCCC1. The smallest absolute Gasteiger partial charge is 0.306 e. The molecule has 1 N–H and O–H groups in total. The monoisotopic (exact) mass is 293 g/mol. The van der Waals surface area contributed by atoms with E-state index in [1.165, 1.54) is 11.4 Å². The van der Waals surface area contributed by atoms with Gasteiger partial charge in [-0.2, -0.15) is 4.31 Å². The Morgan fingerprint density at radius 2 is 1.95 bits per heavy atom. The molecular formula is C12H23NO5S. The van der Waals surface area contributed by atoms with Gasteiger partial charge in [-0.05, 0) is 12.8 Å². The van der Waals surface area contributed by atoms with Crippen LogP contribution < -0.4 is 0 Å². The van der Waals surface area contributed by atoms with Gasteiger partial charge < -0.3 is 9.84 Å². The van der Waals surface area contributed by atoms with Crippen molar-refractivity contribution in [3.8, 4) is 0 Å². The van der Waals surface area contributed by atoms with Crippen molar-refractivity contribution in [2.75, 3.05) is 26.0 Å². The molecule has 1 saturated carbocycles. The lowest BCUT2D eigenvalue weighted by Gasteiger charge is -2.32. The zero-order valence-corrected chi connectivity index (χ0v) is 12.2. The lowest BCUT2D eigenvalue weighted by molar-refractivity contribution is -0.140. The first-order valence-corrected chi connectivity index (χ1v) is 8.29. The third kappa shape index (κ3) is 5.08. The highest BCUT2D eigenvalue weighted by Crippen LogP contribution is 2.24. The average molecular weight is 293 g/mol. The fraction of sp³-hybridized carbons (Fsp3) is 0.917. The average Bonchev–Trinajstić information content (AvgIpc) is 2.43. The molecule has 0 aromatic heterocycles. The molecule has 7 heteroatoms. The van der Waals surface area contributed by atoms with Crippen LogP contribution in [0.5, 0.6) is 0 Å². The van der Waals surface area contributed by atoms with Gasteiger partial charge >= 0.3 is 5.97 Å². The molecule has 0 bridgehead atoms. The Labute approximate surface area is 114 Å². The molecule has 6 nitrogen and oxygen atoms in total. The molecule has 0 radical (unpaired) electrons. The third-order valence-corrected chi connectivity index (χ3v) is 5.37. The largest absolute Gasteiger partial charge is 0.469 e. The Hall–Kier alpha value is -0.660. The van der Waals surface area contributed by atoms with E-state index in [4.69, 9.17) is 5.11 Å². The molecule has 1 rings (SSSR count). The van der Waals surface area contributed by atoms with Gasteiger partial charge in [0, 0.05) is 12.6 Å². The number of hydrogen-bond acceptors (Lipinski definition) is 5. The van der Waals surface area contributed by atoms with E-state index >= 15 is 0 Å². The van der Waals surface area contributed by atoms with Crippen molar-refractivity contribution in [1.82, 2.24) is 4.31 Å². The maximum atomic E-state index is 12.2. The number of carbonyl (C=O) groups excluding carboxylic acids is 1. The Kier molecular flexibility index (Phi) is 6.74. The van der Waals surface area contributed by atoms with Gasteiger partial charge in [0.05, 0.1) is 25.9 Å². The van der Waals surface area contributed by atoms with Gasteiger partial charge in [-0.3, -0.25) is 4.79 Å². The minimum absolute atomic E-state index is 0.0384. The number of nitrogens with zero attached hydrogens (tertiary/aromatic N) is 1. The van der Waals surface area contributed by atoms with Crippen LogP contribution in [0, 0.1) is 0 Å². The predicted octanol–water partition coefficient (Wildman–Crippen LogP) is 0.506. The summed E-state index contributed by atoms with van der Waals surface area (Å²) in [4.78, 5) is 11.1. The number of methoxy groups -OCH3 is 1. The first-order valence-electron chi connectivity index (χ1n) is 6.68. The van der Waals surface area contributed by atoms with Crippen LogP contribution >= 0.6 is 0 Å². The minimum atomic E-state index is -3.52. The van der Waals surface area contributed by atoms with E-state index < -0.39 is 16.0 Å². The zero-order valence-electron chi connectivity index (χ0n) is 11.4. The normalized spacial score (nSPS) is 17.6. The maximum absolute atomic E-state index is 12.2. The minimum Gasteiger partial charge on any atom is -0.469 e. The number of aliphatic hydroxyl groups is 1. The summed E-state index contributed by atoms with van der Waals surface area (Å²) in [5.74, 6) is -0.785. The molecule has 0 heterocycles. The Morgan fingerprint density at radius 3 is 2.47 bits per heavy atom. The van der Waals surface area contributed by atoms with E-state index in [9.17, 15) is 13.2 Å². The van der Waals surface area contributed by atoms with Crippen LogP contribution in [0.25, 0.3) is 0 Å². The molecule has 0 atom stereocenters. The first-order chi connectivity index (χ1) is 9.01. The Balaban J connectivity index is 2.69. The number of sulfonamides is 1. The summed E-state index contributed by atoms with van der Waals surface area (Å²) in [5, 5.41) is 9.06. The summed E-state index contributed by atoms with van der Waals surface area (Å²) < 4.78 is 30.3. The van der Waals surface area contributed by atoms with Crippen LogP contribution in [-0.2, 0) is 19.6 Å². The Morgan fingerprint density at radius 1 is 1.32 bits per heavy atom. The molecule has 0 aliphatic heterocycles. The van der Waals surface area contributed by atoms with E-state index in [2.05, 4.69) is 4.74 Å². The van der Waals surface area contributed by atoms with E-state index in [0.29, 0.717) is 0 Å². The lowest BCUT2D eigenvalue weighted by Crippen LogP contribution is -2.44. The molecule has 1 fully saturated rings. The molecule has 0 unspecified atom stereocenters. The molecule has 0 aromatic rings. The van der Waals surface area contributed by atoms with Gasteiger partial charge in [0.2, 0.25) is 10.0 Å². The van der Waals surface area contributed by atoms with Gasteiger partial charge in [0.1, 0.15) is 0 Å². The molecule has 112 valence electrons. The van der Waals surface area contributed by atoms with Crippen LogP contribution in [-0.4, -0.2) is 55.9 Å². The number of aliphatic hydroxyl groups excluding tert-OH is 1. The van der Waals surface area contributed by atoms with Crippen molar-refractivity contribution in [3.05, 3.63) is 0 Å². The highest BCUT2D eigenvalue weighted by Gasteiger charge is 2.30. The molecular weight excluding hydrogens is 270 g/mol. The Bertz CT molecular complexity index is 376. The van der Waals surface area contributed by atoms with Gasteiger partial charge in [0.25, 0.3) is 0 Å². The summed E-state index contributed by atoms with van der Waals surface area (Å²) in [7, 11) is -2.28. The fourth-order valence-electron chi connectivity index (χ4n) is 2.45. The topological polar surface area (TPSA) is 83.9 Å². The second kappa shape index (κ2) is 7.81. The summed E-state index contributed by atoms with van der Waals surface area (Å²) >= 11 is 0. The second-order valence-corrected chi connectivity index (χ2v) is 6.81. The van der Waals surface area contributed by atoms with Gasteiger partial charge in [-0.25, -0.2) is 8.42 Å². The molecule has 0 saturated heterocycles. The molecule has 0 aromatic carbocycles. The van der Waals surface area contributed by atoms with Gasteiger partial charge in [-0.1, -0.05) is 19.3 Å². The summed E-state index contributed by atoms with van der Waals surface area (Å²) in [6, 6.07) is -0.0384. The summed E-state index contributed by atoms with van der Waals surface area (Å²) in [6.07, 6.45) is 4.67. The van der Waals surface area contributed by atoms with Crippen molar-refractivity contribution in [2.24, 2.45) is 0 Å². The third-order valence-electron chi connectivity index (χ3n) is 3.45. The number of hydrogen-bond donors (Lipinski definition) is 1. The van der Waals surface area contributed by atoms with E-state index in [1.807, 2.05) is 0 Å². The fourth-order valence-corrected chi connectivity index (χ4v) is 4.13. The highest BCUT2D eigenvalue weighted by atomic mass is 32.2. The van der Waals surface area contributed by atoms with Crippen LogP contribution in [0.1, 0.15) is 38.5 Å². The van der Waals surface area contributed by atoms with Crippen LogP contribution in [0.15, 0.2) is 0 Å². The van der Waals surface area contributed by atoms with E-state index in [0.717, 1.165) is 32.1 Å². The van der Waals surface area contributed by atoms with Crippen molar-refractivity contribution in [3.63, 3.8) is 0 Å². The standard InChI is InChI=1S/C12H23NO5S/c1-18-12(15)7-10-19(16,17)13(8-9-14)11-5-3-2-4-6-11/h11,14H,2-10H2,1H3. The quantitative estimate of drug-likeness (QED) is 0.691. The summed E-state index contributed by atoms with van der Waals surface area (Å²) in [6.45, 7) is -0.0951. The van der Waals surface area contributed by atoms with Crippen LogP contribution in [0.2, 0.25) is 0 Å². The van der Waals surface area contributed by atoms with Gasteiger partial charge in [-0.15, -0.1) is 0 Å². The van der Waals surface area contributed by atoms with Crippen molar-refractivity contribution in [2.45, 2.75) is 44.6 Å². The molecule has 19 heavy (non-hydrogen) atoms. The van der Waals surface area contributed by atoms with Crippen molar-refractivity contribution >= 4 is 16.0 Å². The number of rotatable bonds is 7. The van der Waals surface area contributed by atoms with Crippen molar-refractivity contribution < 1.29 is 23.1 Å². The van der Waals surface area contributed by atoms with Gasteiger partial charge in [0.15, 0.2) is 0 Å². The highest BCUT2D eigenvalue weighted by molar-refractivity contribution is 7.89. The van der Waals surface area contributed by atoms with Crippen LogP contribution in [0.4, 0.5) is 0 Å². The van der Waals surface area contributed by atoms with Crippen LogP contribution in [0.3, 0.4) is 0 Å². The maximum Gasteiger partial charge on any atom is 0.306 e. The lowest BCUT2D eigenvalue weighted by atomic mass is 9.95. The number of carbonyl (C=O) groups is 1.